The Balaban J connectivity index is 1.65. The Morgan fingerprint density at radius 1 is 1.39 bits per heavy atom. The highest BCUT2D eigenvalue weighted by atomic mass is 35.5. The first-order chi connectivity index (χ1) is 11.2. The minimum Gasteiger partial charge on any atom is -0.481 e. The number of likely N-dealkylation sites (tertiary alicyclic amines) is 1. The highest BCUT2D eigenvalue weighted by molar-refractivity contribution is 6.35. The number of amides is 1. The fourth-order valence-corrected chi connectivity index (χ4v) is 3.09. The van der Waals surface area contributed by atoms with Crippen molar-refractivity contribution < 1.29 is 9.53 Å². The molecule has 1 fully saturated rings. The number of hydrogen-bond acceptors (Lipinski definition) is 4. The van der Waals surface area contributed by atoms with Gasteiger partial charge in [0.2, 0.25) is 0 Å². The average molecular weight is 334 g/mol. The van der Waals surface area contributed by atoms with E-state index in [0.29, 0.717) is 22.3 Å². The third-order valence-corrected chi connectivity index (χ3v) is 4.62. The quantitative estimate of drug-likeness (QED) is 0.934. The number of nitrogens with zero attached hydrogens (tertiary/aromatic N) is 2. The lowest BCUT2D eigenvalue weighted by Crippen LogP contribution is -2.45. The molecule has 1 amide bonds. The van der Waals surface area contributed by atoms with E-state index in [2.05, 4.69) is 10.3 Å². The molecule has 0 aliphatic carbocycles. The lowest BCUT2D eigenvalue weighted by molar-refractivity contribution is -0.134. The van der Waals surface area contributed by atoms with Crippen LogP contribution in [-0.2, 0) is 4.79 Å². The zero-order valence-corrected chi connectivity index (χ0v) is 13.8. The van der Waals surface area contributed by atoms with Gasteiger partial charge in [0.25, 0.3) is 5.91 Å². The molecule has 0 atom stereocenters. The van der Waals surface area contributed by atoms with E-state index in [9.17, 15) is 4.79 Å². The second kappa shape index (κ2) is 7.15. The number of ether oxygens (including phenoxy) is 1. The summed E-state index contributed by atoms with van der Waals surface area (Å²) in [7, 11) is 1.96. The van der Waals surface area contributed by atoms with Crippen LogP contribution >= 0.6 is 11.6 Å². The van der Waals surface area contributed by atoms with Crippen molar-refractivity contribution in [3.05, 3.63) is 35.5 Å². The number of nitrogens with one attached hydrogen (secondary N) is 1. The van der Waals surface area contributed by atoms with E-state index < -0.39 is 0 Å². The Hall–Kier alpha value is -1.85. The van der Waals surface area contributed by atoms with Crippen LogP contribution in [0.1, 0.15) is 12.8 Å². The molecular weight excluding hydrogens is 314 g/mol. The van der Waals surface area contributed by atoms with Gasteiger partial charge in [-0.1, -0.05) is 11.6 Å². The van der Waals surface area contributed by atoms with Crippen LogP contribution in [-0.4, -0.2) is 48.6 Å². The van der Waals surface area contributed by atoms with Crippen LogP contribution in [0.25, 0.3) is 10.9 Å². The van der Waals surface area contributed by atoms with Crippen molar-refractivity contribution in [3.63, 3.8) is 0 Å². The SMILES string of the molecule is CNC1CCN(C(=O)COc2ccc(Cl)c3cccnc23)CC1. The van der Waals surface area contributed by atoms with Crippen molar-refractivity contribution in [2.75, 3.05) is 26.7 Å². The topological polar surface area (TPSA) is 54.5 Å². The van der Waals surface area contributed by atoms with Gasteiger partial charge in [0.1, 0.15) is 11.3 Å². The van der Waals surface area contributed by atoms with Crippen LogP contribution in [0.2, 0.25) is 5.02 Å². The third-order valence-electron chi connectivity index (χ3n) is 4.29. The van der Waals surface area contributed by atoms with Crippen LogP contribution in [0, 0.1) is 0 Å². The molecule has 2 aromatic rings. The van der Waals surface area contributed by atoms with Crippen LogP contribution < -0.4 is 10.1 Å². The molecule has 122 valence electrons. The van der Waals surface area contributed by atoms with Crippen LogP contribution in [0.15, 0.2) is 30.5 Å². The molecule has 0 spiro atoms. The van der Waals surface area contributed by atoms with E-state index >= 15 is 0 Å². The average Bonchev–Trinajstić information content (AvgIpc) is 2.61. The molecule has 1 aromatic heterocycles. The van der Waals surface area contributed by atoms with Gasteiger partial charge < -0.3 is 15.0 Å². The molecule has 5 nitrogen and oxygen atoms in total. The fraction of sp³-hybridized carbons (Fsp3) is 0.412. The summed E-state index contributed by atoms with van der Waals surface area (Å²) >= 11 is 6.16. The molecule has 1 aliphatic rings. The fourth-order valence-electron chi connectivity index (χ4n) is 2.88. The maximum absolute atomic E-state index is 12.3. The maximum atomic E-state index is 12.3. The molecule has 23 heavy (non-hydrogen) atoms. The van der Waals surface area contributed by atoms with E-state index in [4.69, 9.17) is 16.3 Å². The lowest BCUT2D eigenvalue weighted by Gasteiger charge is -2.31. The molecule has 3 rings (SSSR count). The number of piperidine rings is 1. The molecule has 1 aromatic carbocycles. The van der Waals surface area contributed by atoms with Crippen molar-refractivity contribution in [1.82, 2.24) is 15.2 Å². The predicted octanol–water partition coefficient (Wildman–Crippen LogP) is 2.48. The number of rotatable bonds is 4. The van der Waals surface area contributed by atoms with Gasteiger partial charge >= 0.3 is 0 Å². The van der Waals surface area contributed by atoms with Crippen molar-refractivity contribution >= 4 is 28.4 Å². The van der Waals surface area contributed by atoms with Crippen LogP contribution in [0.4, 0.5) is 0 Å². The summed E-state index contributed by atoms with van der Waals surface area (Å²) in [6.45, 7) is 1.57. The number of carbonyl (C=O) groups is 1. The van der Waals surface area contributed by atoms with E-state index in [-0.39, 0.29) is 12.5 Å². The first-order valence-electron chi connectivity index (χ1n) is 7.80. The molecule has 6 heteroatoms. The number of carbonyl (C=O) groups excluding carboxylic acids is 1. The molecule has 0 bridgehead atoms. The van der Waals surface area contributed by atoms with Gasteiger partial charge in [-0.25, -0.2) is 0 Å². The summed E-state index contributed by atoms with van der Waals surface area (Å²) in [6.07, 6.45) is 3.65. The molecule has 1 saturated heterocycles. The van der Waals surface area contributed by atoms with Crippen molar-refractivity contribution in [3.8, 4) is 5.75 Å². The zero-order chi connectivity index (χ0) is 16.2. The molecule has 1 aliphatic heterocycles. The number of benzene rings is 1. The zero-order valence-electron chi connectivity index (χ0n) is 13.1. The lowest BCUT2D eigenvalue weighted by atomic mass is 10.1. The number of hydrogen-bond donors (Lipinski definition) is 1. The van der Waals surface area contributed by atoms with Gasteiger partial charge in [-0.05, 0) is 44.2 Å². The van der Waals surface area contributed by atoms with Gasteiger partial charge in [-0.15, -0.1) is 0 Å². The number of pyridine rings is 1. The molecule has 0 unspecified atom stereocenters. The second-order valence-electron chi connectivity index (χ2n) is 5.68. The minimum atomic E-state index is 0.0126. The minimum absolute atomic E-state index is 0.0126. The van der Waals surface area contributed by atoms with Crippen molar-refractivity contribution in [2.45, 2.75) is 18.9 Å². The predicted molar refractivity (Wildman–Crippen MR) is 90.9 cm³/mol. The van der Waals surface area contributed by atoms with Crippen LogP contribution in [0.5, 0.6) is 5.75 Å². The molecule has 1 N–H and O–H groups in total. The summed E-state index contributed by atoms with van der Waals surface area (Å²) in [4.78, 5) is 18.5. The second-order valence-corrected chi connectivity index (χ2v) is 6.08. The standard InChI is InChI=1S/C17H20ClN3O2/c1-19-12-6-9-21(10-7-12)16(22)11-23-15-5-4-14(18)13-3-2-8-20-17(13)15/h2-5,8,12,19H,6-7,9-11H2,1H3. The van der Waals surface area contributed by atoms with Gasteiger partial charge in [0.15, 0.2) is 6.61 Å². The Bertz CT molecular complexity index is 699. The highest BCUT2D eigenvalue weighted by Gasteiger charge is 2.22. The monoisotopic (exact) mass is 333 g/mol. The molecule has 0 saturated carbocycles. The van der Waals surface area contributed by atoms with Crippen LogP contribution in [0.3, 0.4) is 0 Å². The Kier molecular flexibility index (Phi) is 4.98. The molecule has 0 radical (unpaired) electrons. The Morgan fingerprint density at radius 2 is 2.17 bits per heavy atom. The van der Waals surface area contributed by atoms with E-state index in [1.54, 1.807) is 18.3 Å². The van der Waals surface area contributed by atoms with Gasteiger partial charge in [-0.3, -0.25) is 9.78 Å². The summed E-state index contributed by atoms with van der Waals surface area (Å²) in [5, 5.41) is 4.71. The highest BCUT2D eigenvalue weighted by Crippen LogP contribution is 2.29. The summed E-state index contributed by atoms with van der Waals surface area (Å²) < 4.78 is 5.71. The Labute approximate surface area is 140 Å². The van der Waals surface area contributed by atoms with Gasteiger partial charge in [0.05, 0.1) is 5.02 Å². The number of fused-ring (bicyclic) bond motifs is 1. The van der Waals surface area contributed by atoms with E-state index in [0.717, 1.165) is 31.3 Å². The summed E-state index contributed by atoms with van der Waals surface area (Å²) in [6, 6.07) is 7.75. The first kappa shape index (κ1) is 16.0. The normalized spacial score (nSPS) is 15.8. The summed E-state index contributed by atoms with van der Waals surface area (Å²) in [5.74, 6) is 0.599. The molecule has 2 heterocycles. The van der Waals surface area contributed by atoms with Crippen molar-refractivity contribution in [2.24, 2.45) is 0 Å². The van der Waals surface area contributed by atoms with Gasteiger partial charge in [0, 0.05) is 30.7 Å². The third kappa shape index (κ3) is 3.57. The Morgan fingerprint density at radius 3 is 2.91 bits per heavy atom. The smallest absolute Gasteiger partial charge is 0.260 e. The first-order valence-corrected chi connectivity index (χ1v) is 8.18. The van der Waals surface area contributed by atoms with E-state index in [1.807, 2.05) is 24.1 Å². The number of halogens is 1. The van der Waals surface area contributed by atoms with E-state index in [1.165, 1.54) is 0 Å². The summed E-state index contributed by atoms with van der Waals surface area (Å²) in [5.41, 5.74) is 0.682. The van der Waals surface area contributed by atoms with Crippen molar-refractivity contribution in [1.29, 1.82) is 0 Å². The maximum Gasteiger partial charge on any atom is 0.260 e. The van der Waals surface area contributed by atoms with Gasteiger partial charge in [-0.2, -0.15) is 0 Å². The number of aromatic nitrogens is 1. The largest absolute Gasteiger partial charge is 0.481 e. The molecular formula is C17H20ClN3O2.